The summed E-state index contributed by atoms with van der Waals surface area (Å²) < 4.78 is 33.5. The summed E-state index contributed by atoms with van der Waals surface area (Å²) in [5.74, 6) is 0.787. The van der Waals surface area contributed by atoms with E-state index in [1.165, 1.54) is 6.92 Å². The molecule has 0 spiro atoms. The molecule has 3 aromatic rings. The first kappa shape index (κ1) is 20.5. The van der Waals surface area contributed by atoms with E-state index < -0.39 is 10.1 Å². The summed E-state index contributed by atoms with van der Waals surface area (Å²) >= 11 is 0. The van der Waals surface area contributed by atoms with Gasteiger partial charge in [0.05, 0.1) is 18.6 Å². The van der Waals surface area contributed by atoms with Gasteiger partial charge >= 0.3 is 16.1 Å². The van der Waals surface area contributed by atoms with Crippen molar-refractivity contribution in [1.29, 1.82) is 0 Å². The highest BCUT2D eigenvalue weighted by Crippen LogP contribution is 2.18. The van der Waals surface area contributed by atoms with Gasteiger partial charge in [-0.25, -0.2) is 4.79 Å². The average molecular weight is 414 g/mol. The van der Waals surface area contributed by atoms with Crippen molar-refractivity contribution in [3.05, 3.63) is 84.3 Å². The standard InChI is InChI=1S/C21H22N2O5S/c1-2-29(25,26)28-19-12-10-17(11-13-19)15-23(16-20-9-6-14-27-20)21(24)22-18-7-4-3-5-8-18/h3-14H,2,15-16H2,1H3,(H,22,24). The Morgan fingerprint density at radius 2 is 1.72 bits per heavy atom. The number of anilines is 1. The van der Waals surface area contributed by atoms with Crippen LogP contribution < -0.4 is 9.50 Å². The molecule has 0 aliphatic heterocycles. The van der Waals surface area contributed by atoms with Gasteiger partial charge in [0.1, 0.15) is 11.5 Å². The van der Waals surface area contributed by atoms with E-state index in [1.54, 1.807) is 47.6 Å². The number of nitrogens with one attached hydrogen (secondary N) is 1. The highest BCUT2D eigenvalue weighted by molar-refractivity contribution is 7.87. The Balaban J connectivity index is 1.73. The fraction of sp³-hybridized carbons (Fsp3) is 0.190. The minimum atomic E-state index is -3.58. The van der Waals surface area contributed by atoms with Crippen LogP contribution in [0.2, 0.25) is 0 Å². The van der Waals surface area contributed by atoms with Crippen LogP contribution in [0.3, 0.4) is 0 Å². The summed E-state index contributed by atoms with van der Waals surface area (Å²) in [6.07, 6.45) is 1.56. The number of benzene rings is 2. The van der Waals surface area contributed by atoms with Crippen LogP contribution >= 0.6 is 0 Å². The minimum absolute atomic E-state index is 0.106. The molecular weight excluding hydrogens is 392 g/mol. The lowest BCUT2D eigenvalue weighted by atomic mass is 10.2. The molecule has 3 rings (SSSR count). The SMILES string of the molecule is CCS(=O)(=O)Oc1ccc(CN(Cc2ccco2)C(=O)Nc2ccccc2)cc1. The second-order valence-electron chi connectivity index (χ2n) is 6.31. The highest BCUT2D eigenvalue weighted by atomic mass is 32.2. The molecule has 0 saturated heterocycles. The summed E-state index contributed by atoms with van der Waals surface area (Å²) in [5.41, 5.74) is 1.51. The van der Waals surface area contributed by atoms with Crippen LogP contribution in [0.15, 0.2) is 77.4 Å². The molecule has 1 N–H and O–H groups in total. The number of nitrogens with zero attached hydrogens (tertiary/aromatic N) is 1. The second kappa shape index (κ2) is 9.29. The van der Waals surface area contributed by atoms with Gasteiger partial charge in [-0.15, -0.1) is 0 Å². The highest BCUT2D eigenvalue weighted by Gasteiger charge is 2.17. The van der Waals surface area contributed by atoms with Crippen LogP contribution in [0.4, 0.5) is 10.5 Å². The maximum absolute atomic E-state index is 12.8. The molecule has 1 aromatic heterocycles. The maximum atomic E-state index is 12.8. The van der Waals surface area contributed by atoms with E-state index in [1.807, 2.05) is 30.3 Å². The maximum Gasteiger partial charge on any atom is 0.322 e. The molecule has 0 aliphatic carbocycles. The zero-order valence-electron chi connectivity index (χ0n) is 15.9. The van der Waals surface area contributed by atoms with Crippen LogP contribution in [-0.2, 0) is 23.2 Å². The van der Waals surface area contributed by atoms with Crippen molar-refractivity contribution >= 4 is 21.8 Å². The van der Waals surface area contributed by atoms with Crippen molar-refractivity contribution in [2.75, 3.05) is 11.1 Å². The van der Waals surface area contributed by atoms with Gasteiger partial charge in [0, 0.05) is 12.2 Å². The molecule has 2 aromatic carbocycles. The Bertz CT molecular complexity index is 1020. The van der Waals surface area contributed by atoms with Gasteiger partial charge in [0.25, 0.3) is 0 Å². The third-order valence-corrected chi connectivity index (χ3v) is 5.27. The second-order valence-corrected chi connectivity index (χ2v) is 8.16. The minimum Gasteiger partial charge on any atom is -0.467 e. The lowest BCUT2D eigenvalue weighted by Crippen LogP contribution is -2.33. The van der Waals surface area contributed by atoms with Gasteiger partial charge in [0.15, 0.2) is 0 Å². The van der Waals surface area contributed by atoms with Crippen LogP contribution in [0.5, 0.6) is 5.75 Å². The molecule has 0 aliphatic rings. The van der Waals surface area contributed by atoms with Crippen molar-refractivity contribution in [3.8, 4) is 5.75 Å². The van der Waals surface area contributed by atoms with Gasteiger partial charge in [0.2, 0.25) is 0 Å². The molecule has 2 amide bonds. The van der Waals surface area contributed by atoms with Gasteiger partial charge in [-0.2, -0.15) is 8.42 Å². The normalized spacial score (nSPS) is 11.1. The molecule has 8 heteroatoms. The van der Waals surface area contributed by atoms with E-state index in [9.17, 15) is 13.2 Å². The summed E-state index contributed by atoms with van der Waals surface area (Å²) in [7, 11) is -3.58. The lowest BCUT2D eigenvalue weighted by Gasteiger charge is -2.22. The number of furan rings is 1. The Morgan fingerprint density at radius 3 is 2.34 bits per heavy atom. The summed E-state index contributed by atoms with van der Waals surface area (Å²) in [5, 5.41) is 2.87. The number of para-hydroxylation sites is 1. The monoisotopic (exact) mass is 414 g/mol. The smallest absolute Gasteiger partial charge is 0.322 e. The Kier molecular flexibility index (Phi) is 6.56. The first-order chi connectivity index (χ1) is 13.9. The van der Waals surface area contributed by atoms with Crippen LogP contribution in [0.1, 0.15) is 18.2 Å². The first-order valence-electron chi connectivity index (χ1n) is 9.09. The molecule has 0 radical (unpaired) electrons. The van der Waals surface area contributed by atoms with Crippen molar-refractivity contribution < 1.29 is 21.8 Å². The Hall–Kier alpha value is -3.26. The van der Waals surface area contributed by atoms with Gasteiger partial charge in [-0.05, 0) is 48.9 Å². The van der Waals surface area contributed by atoms with E-state index in [0.717, 1.165) is 5.56 Å². The van der Waals surface area contributed by atoms with Gasteiger partial charge < -0.3 is 18.8 Å². The number of carbonyl (C=O) groups excluding carboxylic acids is 1. The largest absolute Gasteiger partial charge is 0.467 e. The molecule has 7 nitrogen and oxygen atoms in total. The molecule has 0 saturated carbocycles. The third kappa shape index (κ3) is 6.11. The van der Waals surface area contributed by atoms with Crippen LogP contribution in [0, 0.1) is 0 Å². The molecule has 152 valence electrons. The molecular formula is C21H22N2O5S. The first-order valence-corrected chi connectivity index (χ1v) is 10.7. The quantitative estimate of drug-likeness (QED) is 0.557. The topological polar surface area (TPSA) is 88.9 Å². The summed E-state index contributed by atoms with van der Waals surface area (Å²) in [6, 6.07) is 19.1. The zero-order valence-corrected chi connectivity index (χ0v) is 16.8. The summed E-state index contributed by atoms with van der Waals surface area (Å²) in [4.78, 5) is 14.4. The molecule has 0 unspecified atom stereocenters. The number of amides is 2. The van der Waals surface area contributed by atoms with Gasteiger partial charge in [-0.1, -0.05) is 30.3 Å². The summed E-state index contributed by atoms with van der Waals surface area (Å²) in [6.45, 7) is 2.11. The average Bonchev–Trinajstić information content (AvgIpc) is 3.23. The molecule has 0 bridgehead atoms. The Morgan fingerprint density at radius 1 is 1.00 bits per heavy atom. The predicted octanol–water partition coefficient (Wildman–Crippen LogP) is 4.24. The van der Waals surface area contributed by atoms with E-state index in [0.29, 0.717) is 18.0 Å². The Labute approximate surface area is 170 Å². The van der Waals surface area contributed by atoms with E-state index >= 15 is 0 Å². The predicted molar refractivity (Wildman–Crippen MR) is 110 cm³/mol. The van der Waals surface area contributed by atoms with E-state index in [2.05, 4.69) is 5.32 Å². The van der Waals surface area contributed by atoms with Crippen molar-refractivity contribution in [2.24, 2.45) is 0 Å². The van der Waals surface area contributed by atoms with Gasteiger partial charge in [-0.3, -0.25) is 0 Å². The van der Waals surface area contributed by atoms with Crippen LogP contribution in [-0.4, -0.2) is 25.1 Å². The third-order valence-electron chi connectivity index (χ3n) is 4.11. The fourth-order valence-corrected chi connectivity index (χ4v) is 3.11. The number of hydrogen-bond donors (Lipinski definition) is 1. The molecule has 0 atom stereocenters. The van der Waals surface area contributed by atoms with Crippen molar-refractivity contribution in [2.45, 2.75) is 20.0 Å². The van der Waals surface area contributed by atoms with E-state index in [4.69, 9.17) is 8.60 Å². The number of hydrogen-bond acceptors (Lipinski definition) is 5. The molecule has 0 fully saturated rings. The molecule has 29 heavy (non-hydrogen) atoms. The fourth-order valence-electron chi connectivity index (χ4n) is 2.59. The molecule has 1 heterocycles. The van der Waals surface area contributed by atoms with Crippen molar-refractivity contribution in [3.63, 3.8) is 0 Å². The lowest BCUT2D eigenvalue weighted by molar-refractivity contribution is 0.201. The van der Waals surface area contributed by atoms with Crippen molar-refractivity contribution in [1.82, 2.24) is 4.90 Å². The number of carbonyl (C=O) groups is 1. The van der Waals surface area contributed by atoms with Crippen LogP contribution in [0.25, 0.3) is 0 Å². The van der Waals surface area contributed by atoms with E-state index in [-0.39, 0.29) is 24.1 Å². The number of urea groups is 1. The zero-order chi connectivity index (χ0) is 20.7. The number of rotatable bonds is 8.